The molecule has 0 aliphatic carbocycles. The lowest BCUT2D eigenvalue weighted by molar-refractivity contribution is -0.394. The Morgan fingerprint density at radius 2 is 1.81 bits per heavy atom. The molecule has 0 bridgehead atoms. The van der Waals surface area contributed by atoms with Gasteiger partial charge in [-0.1, -0.05) is 30.0 Å². The summed E-state index contributed by atoms with van der Waals surface area (Å²) in [7, 11) is 0. The summed E-state index contributed by atoms with van der Waals surface area (Å²) in [5.41, 5.74) is -1.62. The van der Waals surface area contributed by atoms with E-state index in [1.54, 1.807) is 6.92 Å². The molecular formula is C16H14N2O7S. The first kappa shape index (κ1) is 19.2. The topological polar surface area (TPSA) is 122 Å². The average Bonchev–Trinajstić information content (AvgIpc) is 2.62. The zero-order valence-corrected chi connectivity index (χ0v) is 14.4. The highest BCUT2D eigenvalue weighted by Crippen LogP contribution is 2.37. The number of nitro benzene ring substituents is 2. The average molecular weight is 378 g/mol. The van der Waals surface area contributed by atoms with Crippen molar-refractivity contribution in [2.24, 2.45) is 0 Å². The minimum Gasteiger partial charge on any atom is -0.475 e. The number of carbonyl (C=O) groups excluding carboxylic acids is 1. The van der Waals surface area contributed by atoms with Crippen molar-refractivity contribution < 1.29 is 24.1 Å². The van der Waals surface area contributed by atoms with Crippen LogP contribution in [-0.2, 0) is 4.74 Å². The van der Waals surface area contributed by atoms with Crippen LogP contribution in [0.4, 0.5) is 11.4 Å². The summed E-state index contributed by atoms with van der Waals surface area (Å²) in [6, 6.07) is 10.8. The van der Waals surface area contributed by atoms with Crippen molar-refractivity contribution in [3.8, 4) is 5.75 Å². The fourth-order valence-electron chi connectivity index (χ4n) is 2.03. The maximum absolute atomic E-state index is 12.1. The maximum Gasteiger partial charge on any atom is 0.342 e. The highest BCUT2D eigenvalue weighted by molar-refractivity contribution is 7.99. The Kier molecular flexibility index (Phi) is 6.50. The van der Waals surface area contributed by atoms with Crippen molar-refractivity contribution in [1.82, 2.24) is 0 Å². The van der Waals surface area contributed by atoms with E-state index < -0.39 is 27.2 Å². The Morgan fingerprint density at radius 3 is 2.38 bits per heavy atom. The Labute approximate surface area is 152 Å². The number of rotatable bonds is 8. The molecule has 0 atom stereocenters. The van der Waals surface area contributed by atoms with E-state index in [1.165, 1.54) is 11.8 Å². The quantitative estimate of drug-likeness (QED) is 0.223. The molecule has 2 aromatic rings. The van der Waals surface area contributed by atoms with Gasteiger partial charge < -0.3 is 9.47 Å². The number of esters is 1. The van der Waals surface area contributed by atoms with Crippen LogP contribution in [0.5, 0.6) is 5.75 Å². The number of carbonyl (C=O) groups is 1. The van der Waals surface area contributed by atoms with Crippen molar-refractivity contribution in [2.45, 2.75) is 11.8 Å². The van der Waals surface area contributed by atoms with E-state index in [1.807, 2.05) is 30.3 Å². The van der Waals surface area contributed by atoms with Gasteiger partial charge in [0.25, 0.3) is 5.69 Å². The van der Waals surface area contributed by atoms with Gasteiger partial charge in [0, 0.05) is 11.0 Å². The fraction of sp³-hybridized carbons (Fsp3) is 0.188. The van der Waals surface area contributed by atoms with Crippen LogP contribution in [0.2, 0.25) is 0 Å². The van der Waals surface area contributed by atoms with Crippen LogP contribution in [-0.4, -0.2) is 28.4 Å². The Morgan fingerprint density at radius 1 is 1.12 bits per heavy atom. The highest BCUT2D eigenvalue weighted by Gasteiger charge is 2.29. The molecule has 2 aromatic carbocycles. The molecule has 0 spiro atoms. The normalized spacial score (nSPS) is 10.2. The molecule has 0 radical (unpaired) electrons. The SMILES string of the molecule is CCOC(=O)c1cc([N+](=O)[O-])cc([N+](=O)[O-])c1OCSc1ccccc1. The lowest BCUT2D eigenvalue weighted by Crippen LogP contribution is -2.10. The summed E-state index contributed by atoms with van der Waals surface area (Å²) in [5.74, 6) is -1.32. The van der Waals surface area contributed by atoms with E-state index in [-0.39, 0.29) is 23.9 Å². The summed E-state index contributed by atoms with van der Waals surface area (Å²) in [5, 5.41) is 22.3. The minimum absolute atomic E-state index is 0.00747. The largest absolute Gasteiger partial charge is 0.475 e. The lowest BCUT2D eigenvalue weighted by Gasteiger charge is -2.11. The molecule has 0 aliphatic heterocycles. The molecule has 0 amide bonds. The van der Waals surface area contributed by atoms with Gasteiger partial charge in [0.15, 0.2) is 0 Å². The van der Waals surface area contributed by atoms with Gasteiger partial charge in [-0.2, -0.15) is 0 Å². The Balaban J connectivity index is 2.38. The van der Waals surface area contributed by atoms with Crippen LogP contribution in [0, 0.1) is 20.2 Å². The second-order valence-electron chi connectivity index (χ2n) is 4.80. The number of thioether (sulfide) groups is 1. The van der Waals surface area contributed by atoms with Crippen LogP contribution in [0.15, 0.2) is 47.4 Å². The van der Waals surface area contributed by atoms with E-state index in [0.29, 0.717) is 0 Å². The van der Waals surface area contributed by atoms with Gasteiger partial charge in [0.05, 0.1) is 22.5 Å². The van der Waals surface area contributed by atoms with Crippen LogP contribution >= 0.6 is 11.8 Å². The van der Waals surface area contributed by atoms with Gasteiger partial charge in [0.1, 0.15) is 11.5 Å². The molecule has 0 saturated carbocycles. The van der Waals surface area contributed by atoms with E-state index >= 15 is 0 Å². The van der Waals surface area contributed by atoms with Crippen molar-refractivity contribution in [3.05, 3.63) is 68.3 Å². The van der Waals surface area contributed by atoms with Crippen molar-refractivity contribution in [1.29, 1.82) is 0 Å². The number of nitro groups is 2. The van der Waals surface area contributed by atoms with Crippen LogP contribution in [0.3, 0.4) is 0 Å². The summed E-state index contributed by atoms with van der Waals surface area (Å²) in [4.78, 5) is 33.6. The molecule has 0 unspecified atom stereocenters. The fourth-order valence-corrected chi connectivity index (χ4v) is 2.69. The summed E-state index contributed by atoms with van der Waals surface area (Å²) < 4.78 is 10.3. The third-order valence-electron chi connectivity index (χ3n) is 3.13. The molecule has 0 N–H and O–H groups in total. The zero-order valence-electron chi connectivity index (χ0n) is 13.6. The second kappa shape index (κ2) is 8.81. The van der Waals surface area contributed by atoms with Gasteiger partial charge >= 0.3 is 11.7 Å². The summed E-state index contributed by atoms with van der Waals surface area (Å²) in [6.07, 6.45) is 0. The van der Waals surface area contributed by atoms with E-state index in [4.69, 9.17) is 9.47 Å². The molecular weight excluding hydrogens is 364 g/mol. The van der Waals surface area contributed by atoms with E-state index in [0.717, 1.165) is 17.0 Å². The van der Waals surface area contributed by atoms with Gasteiger partial charge in [0.2, 0.25) is 5.75 Å². The molecule has 0 heterocycles. The minimum atomic E-state index is -0.931. The number of benzene rings is 2. The van der Waals surface area contributed by atoms with Crippen molar-refractivity contribution in [3.63, 3.8) is 0 Å². The second-order valence-corrected chi connectivity index (χ2v) is 5.79. The predicted molar refractivity (Wildman–Crippen MR) is 93.5 cm³/mol. The number of hydrogen-bond donors (Lipinski definition) is 0. The van der Waals surface area contributed by atoms with Gasteiger partial charge in [-0.05, 0) is 19.1 Å². The smallest absolute Gasteiger partial charge is 0.342 e. The number of nitrogens with zero attached hydrogens (tertiary/aromatic N) is 2. The van der Waals surface area contributed by atoms with Gasteiger partial charge in [-0.25, -0.2) is 4.79 Å². The predicted octanol–water partition coefficient (Wildman–Crippen LogP) is 3.81. The number of ether oxygens (including phenoxy) is 2. The van der Waals surface area contributed by atoms with Crippen molar-refractivity contribution in [2.75, 3.05) is 12.5 Å². The molecule has 0 saturated heterocycles. The first-order valence-corrected chi connectivity index (χ1v) is 8.37. The third kappa shape index (κ3) is 4.70. The lowest BCUT2D eigenvalue weighted by atomic mass is 10.1. The zero-order chi connectivity index (χ0) is 19.1. The molecule has 136 valence electrons. The maximum atomic E-state index is 12.1. The van der Waals surface area contributed by atoms with Crippen molar-refractivity contribution >= 4 is 29.1 Å². The van der Waals surface area contributed by atoms with E-state index in [9.17, 15) is 25.0 Å². The third-order valence-corrected chi connectivity index (χ3v) is 3.97. The summed E-state index contributed by atoms with van der Waals surface area (Å²) in [6.45, 7) is 1.56. The van der Waals surface area contributed by atoms with Gasteiger partial charge in [-0.3, -0.25) is 20.2 Å². The van der Waals surface area contributed by atoms with Crippen LogP contribution in [0.25, 0.3) is 0 Å². The summed E-state index contributed by atoms with van der Waals surface area (Å²) >= 11 is 1.25. The molecule has 0 fully saturated rings. The number of non-ortho nitro benzene ring substituents is 1. The van der Waals surface area contributed by atoms with Crippen LogP contribution in [0.1, 0.15) is 17.3 Å². The monoisotopic (exact) mass is 378 g/mol. The number of hydrogen-bond acceptors (Lipinski definition) is 8. The van der Waals surface area contributed by atoms with Gasteiger partial charge in [-0.15, -0.1) is 0 Å². The molecule has 2 rings (SSSR count). The molecule has 26 heavy (non-hydrogen) atoms. The first-order valence-electron chi connectivity index (χ1n) is 7.38. The first-order chi connectivity index (χ1) is 12.4. The molecule has 9 nitrogen and oxygen atoms in total. The van der Waals surface area contributed by atoms with Crippen LogP contribution < -0.4 is 4.74 Å². The standard InChI is InChI=1S/C16H14N2O7S/c1-2-24-16(19)13-8-11(17(20)21)9-14(18(22)23)15(13)25-10-26-12-6-4-3-5-7-12/h3-9H,2,10H2,1H3. The molecule has 10 heteroatoms. The van der Waals surface area contributed by atoms with E-state index in [2.05, 4.69) is 0 Å². The molecule has 0 aromatic heterocycles. The highest BCUT2D eigenvalue weighted by atomic mass is 32.2. The Hall–Kier alpha value is -3.14. The molecule has 0 aliphatic rings. The Bertz CT molecular complexity index is 827.